The highest BCUT2D eigenvalue weighted by atomic mass is 19.3. The molecule has 1 saturated heterocycles. The molecule has 15 heavy (non-hydrogen) atoms. The number of nitrogens with one attached hydrogen (secondary N) is 2. The first-order valence-corrected chi connectivity index (χ1v) is 5.05. The van der Waals surface area contributed by atoms with Crippen LogP contribution in [-0.4, -0.2) is 42.7 Å². The third kappa shape index (κ3) is 4.09. The maximum absolute atomic E-state index is 12.6. The predicted octanol–water partition coefficient (Wildman–Crippen LogP) is -0.128. The molecule has 1 rings (SSSR count). The van der Waals surface area contributed by atoms with E-state index in [2.05, 4.69) is 10.6 Å². The maximum Gasteiger partial charge on any atom is 0.287 e. The van der Waals surface area contributed by atoms with Gasteiger partial charge < -0.3 is 15.7 Å². The lowest BCUT2D eigenvalue weighted by atomic mass is 10.0. The molecular formula is C9H16F2N2O2. The van der Waals surface area contributed by atoms with Gasteiger partial charge in [-0.1, -0.05) is 6.42 Å². The van der Waals surface area contributed by atoms with Crippen molar-refractivity contribution in [1.82, 2.24) is 10.6 Å². The van der Waals surface area contributed by atoms with Gasteiger partial charge in [-0.2, -0.15) is 0 Å². The summed E-state index contributed by atoms with van der Waals surface area (Å²) in [7, 11) is 0. The van der Waals surface area contributed by atoms with Crippen LogP contribution >= 0.6 is 0 Å². The number of hydrogen-bond donors (Lipinski definition) is 3. The van der Waals surface area contributed by atoms with E-state index in [1.807, 2.05) is 0 Å². The topological polar surface area (TPSA) is 61.4 Å². The van der Waals surface area contributed by atoms with Gasteiger partial charge in [0, 0.05) is 0 Å². The Morgan fingerprint density at radius 1 is 1.53 bits per heavy atom. The number of halogens is 2. The van der Waals surface area contributed by atoms with Crippen molar-refractivity contribution in [3.8, 4) is 0 Å². The largest absolute Gasteiger partial charge is 0.390 e. The normalized spacial score (nSPS) is 22.5. The minimum atomic E-state index is -3.23. The molecule has 0 unspecified atom stereocenters. The Kier molecular flexibility index (Phi) is 4.41. The maximum atomic E-state index is 12.6. The number of rotatable bonds is 4. The lowest BCUT2D eigenvalue weighted by molar-refractivity contribution is -0.126. The number of carbonyl (C=O) groups is 1. The second kappa shape index (κ2) is 5.37. The van der Waals surface area contributed by atoms with Gasteiger partial charge in [-0.3, -0.25) is 4.79 Å². The summed E-state index contributed by atoms with van der Waals surface area (Å²) in [5.74, 6) is -3.65. The zero-order valence-electron chi connectivity index (χ0n) is 8.43. The first kappa shape index (κ1) is 12.3. The van der Waals surface area contributed by atoms with E-state index in [1.54, 1.807) is 0 Å². The SMILES string of the molecule is O=C(NCC(F)(F)CO)[C@H]1CCCCN1. The molecule has 6 heteroatoms. The molecule has 3 N–H and O–H groups in total. The number of carbonyl (C=O) groups excluding carboxylic acids is 1. The number of alkyl halides is 2. The predicted molar refractivity (Wildman–Crippen MR) is 50.7 cm³/mol. The smallest absolute Gasteiger partial charge is 0.287 e. The van der Waals surface area contributed by atoms with Crippen molar-refractivity contribution in [2.24, 2.45) is 0 Å². The van der Waals surface area contributed by atoms with Crippen LogP contribution in [0.3, 0.4) is 0 Å². The molecule has 1 aliphatic heterocycles. The van der Waals surface area contributed by atoms with Crippen molar-refractivity contribution in [3.63, 3.8) is 0 Å². The Balaban J connectivity index is 2.28. The molecule has 88 valence electrons. The molecule has 0 aromatic rings. The molecular weight excluding hydrogens is 206 g/mol. The highest BCUT2D eigenvalue weighted by molar-refractivity contribution is 5.81. The Labute approximate surface area is 87.0 Å². The first-order valence-electron chi connectivity index (χ1n) is 5.05. The average Bonchev–Trinajstić information content (AvgIpc) is 2.27. The van der Waals surface area contributed by atoms with E-state index >= 15 is 0 Å². The Morgan fingerprint density at radius 2 is 2.27 bits per heavy atom. The van der Waals surface area contributed by atoms with Crippen LogP contribution in [0.15, 0.2) is 0 Å². The van der Waals surface area contributed by atoms with E-state index in [0.29, 0.717) is 6.42 Å². The number of aliphatic hydroxyl groups excluding tert-OH is 1. The lowest BCUT2D eigenvalue weighted by Gasteiger charge is -2.23. The number of aliphatic hydroxyl groups is 1. The van der Waals surface area contributed by atoms with Crippen LogP contribution in [0, 0.1) is 0 Å². The second-order valence-corrected chi connectivity index (χ2v) is 3.73. The molecule has 0 aromatic carbocycles. The standard InChI is InChI=1S/C9H16F2N2O2/c10-9(11,6-14)5-13-8(15)7-3-1-2-4-12-7/h7,12,14H,1-6H2,(H,13,15)/t7-/m1/s1. The minimum Gasteiger partial charge on any atom is -0.390 e. The zero-order chi connectivity index (χ0) is 11.3. The fraction of sp³-hybridized carbons (Fsp3) is 0.889. The van der Waals surface area contributed by atoms with Crippen LogP contribution in [0.5, 0.6) is 0 Å². The van der Waals surface area contributed by atoms with Crippen molar-refractivity contribution in [2.45, 2.75) is 31.2 Å². The van der Waals surface area contributed by atoms with E-state index in [1.165, 1.54) is 0 Å². The van der Waals surface area contributed by atoms with Gasteiger partial charge in [-0.15, -0.1) is 0 Å². The van der Waals surface area contributed by atoms with Crippen LogP contribution in [0.4, 0.5) is 8.78 Å². The van der Waals surface area contributed by atoms with Gasteiger partial charge in [0.05, 0.1) is 12.6 Å². The molecule has 0 aliphatic carbocycles. The van der Waals surface area contributed by atoms with Gasteiger partial charge in [0.25, 0.3) is 5.92 Å². The van der Waals surface area contributed by atoms with Crippen molar-refractivity contribution >= 4 is 5.91 Å². The van der Waals surface area contributed by atoms with Crippen molar-refractivity contribution in [3.05, 3.63) is 0 Å². The Bertz CT molecular complexity index is 218. The fourth-order valence-electron chi connectivity index (χ4n) is 1.47. The number of amides is 1. The molecule has 4 nitrogen and oxygen atoms in total. The summed E-state index contributed by atoms with van der Waals surface area (Å²) in [6.07, 6.45) is 2.62. The Morgan fingerprint density at radius 3 is 2.80 bits per heavy atom. The minimum absolute atomic E-state index is 0.367. The highest BCUT2D eigenvalue weighted by Crippen LogP contribution is 2.11. The summed E-state index contributed by atoms with van der Waals surface area (Å²) < 4.78 is 25.2. The summed E-state index contributed by atoms with van der Waals surface area (Å²) in [5.41, 5.74) is 0. The van der Waals surface area contributed by atoms with Crippen molar-refractivity contribution < 1.29 is 18.7 Å². The summed E-state index contributed by atoms with van der Waals surface area (Å²) >= 11 is 0. The lowest BCUT2D eigenvalue weighted by Crippen LogP contribution is -2.49. The fourth-order valence-corrected chi connectivity index (χ4v) is 1.47. The van der Waals surface area contributed by atoms with E-state index in [4.69, 9.17) is 5.11 Å². The number of hydrogen-bond acceptors (Lipinski definition) is 3. The monoisotopic (exact) mass is 222 g/mol. The molecule has 1 aliphatic rings. The van der Waals surface area contributed by atoms with Gasteiger partial charge >= 0.3 is 0 Å². The van der Waals surface area contributed by atoms with Crippen LogP contribution in [0.25, 0.3) is 0 Å². The Hall–Kier alpha value is -0.750. The first-order chi connectivity index (χ1) is 7.05. The average molecular weight is 222 g/mol. The molecule has 1 fully saturated rings. The van der Waals surface area contributed by atoms with Crippen LogP contribution < -0.4 is 10.6 Å². The van der Waals surface area contributed by atoms with E-state index in [-0.39, 0.29) is 6.04 Å². The molecule has 1 heterocycles. The molecule has 0 radical (unpaired) electrons. The van der Waals surface area contributed by atoms with Crippen molar-refractivity contribution in [1.29, 1.82) is 0 Å². The molecule has 0 saturated carbocycles. The van der Waals surface area contributed by atoms with Gasteiger partial charge in [0.1, 0.15) is 6.61 Å². The summed E-state index contributed by atoms with van der Waals surface area (Å²) in [6.45, 7) is -1.31. The van der Waals surface area contributed by atoms with E-state index < -0.39 is 25.0 Å². The van der Waals surface area contributed by atoms with Gasteiger partial charge in [0.15, 0.2) is 0 Å². The summed E-state index contributed by atoms with van der Waals surface area (Å²) in [4.78, 5) is 11.4. The van der Waals surface area contributed by atoms with E-state index in [9.17, 15) is 13.6 Å². The third-order valence-corrected chi connectivity index (χ3v) is 2.38. The van der Waals surface area contributed by atoms with Gasteiger partial charge in [0.2, 0.25) is 5.91 Å². The molecule has 1 amide bonds. The molecule has 0 spiro atoms. The highest BCUT2D eigenvalue weighted by Gasteiger charge is 2.30. The van der Waals surface area contributed by atoms with Crippen LogP contribution in [0.1, 0.15) is 19.3 Å². The molecule has 0 aromatic heterocycles. The zero-order valence-corrected chi connectivity index (χ0v) is 8.43. The second-order valence-electron chi connectivity index (χ2n) is 3.73. The van der Waals surface area contributed by atoms with Crippen LogP contribution in [-0.2, 0) is 4.79 Å². The summed E-state index contributed by atoms with van der Waals surface area (Å²) in [6, 6.07) is -0.367. The van der Waals surface area contributed by atoms with E-state index in [0.717, 1.165) is 19.4 Å². The van der Waals surface area contributed by atoms with Crippen LogP contribution in [0.2, 0.25) is 0 Å². The molecule has 1 atom stereocenters. The van der Waals surface area contributed by atoms with Crippen molar-refractivity contribution in [2.75, 3.05) is 19.7 Å². The third-order valence-electron chi connectivity index (χ3n) is 2.38. The summed E-state index contributed by atoms with van der Waals surface area (Å²) in [5, 5.41) is 13.4. The quantitative estimate of drug-likeness (QED) is 0.621. The van der Waals surface area contributed by atoms with Gasteiger partial charge in [-0.05, 0) is 19.4 Å². The molecule has 0 bridgehead atoms. The number of piperidine rings is 1. The van der Waals surface area contributed by atoms with Gasteiger partial charge in [-0.25, -0.2) is 8.78 Å².